The van der Waals surface area contributed by atoms with E-state index in [1.54, 1.807) is 13.0 Å². The maximum Gasteiger partial charge on any atom is 0.217 e. The third kappa shape index (κ3) is 3.79. The van der Waals surface area contributed by atoms with Crippen LogP contribution in [0.4, 0.5) is 0 Å². The highest BCUT2D eigenvalue weighted by Gasteiger charge is 2.19. The molecule has 2 rings (SSSR count). The van der Waals surface area contributed by atoms with Gasteiger partial charge in [0.05, 0.1) is 0 Å². The third-order valence-electron chi connectivity index (χ3n) is 2.77. The van der Waals surface area contributed by atoms with E-state index < -0.39 is 10.0 Å². The second kappa shape index (κ2) is 5.16. The maximum atomic E-state index is 11.8. The van der Waals surface area contributed by atoms with Crippen molar-refractivity contribution in [3.63, 3.8) is 0 Å². The smallest absolute Gasteiger partial charge is 0.217 e. The van der Waals surface area contributed by atoms with Crippen molar-refractivity contribution < 1.29 is 12.9 Å². The lowest BCUT2D eigenvalue weighted by molar-refractivity contribution is 0.392. The van der Waals surface area contributed by atoms with E-state index in [1.165, 1.54) is 0 Å². The summed E-state index contributed by atoms with van der Waals surface area (Å²) in [5.74, 6) is 0.892. The van der Waals surface area contributed by atoms with Gasteiger partial charge < -0.3 is 9.84 Å². The molecule has 2 N–H and O–H groups in total. The topological polar surface area (TPSA) is 84.2 Å². The molecule has 2 heterocycles. The quantitative estimate of drug-likeness (QED) is 0.778. The summed E-state index contributed by atoms with van der Waals surface area (Å²) in [6.07, 6.45) is 1.02. The highest BCUT2D eigenvalue weighted by molar-refractivity contribution is 7.88. The van der Waals surface area contributed by atoms with Crippen LogP contribution in [0, 0.1) is 12.8 Å². The highest BCUT2D eigenvalue weighted by atomic mass is 32.2. The van der Waals surface area contributed by atoms with Gasteiger partial charge in [0.2, 0.25) is 10.0 Å². The summed E-state index contributed by atoms with van der Waals surface area (Å²) < 4.78 is 31.0. The number of hydrogen-bond acceptors (Lipinski definition) is 5. The Kier molecular flexibility index (Phi) is 3.80. The molecule has 7 heteroatoms. The number of nitrogens with one attached hydrogen (secondary N) is 2. The van der Waals surface area contributed by atoms with Gasteiger partial charge in [-0.1, -0.05) is 5.16 Å². The van der Waals surface area contributed by atoms with Gasteiger partial charge in [0.25, 0.3) is 0 Å². The van der Waals surface area contributed by atoms with Crippen LogP contribution >= 0.6 is 0 Å². The van der Waals surface area contributed by atoms with Crippen molar-refractivity contribution in [3.8, 4) is 0 Å². The average Bonchev–Trinajstić information content (AvgIpc) is 2.86. The molecule has 0 bridgehead atoms. The molecule has 0 spiro atoms. The summed E-state index contributed by atoms with van der Waals surface area (Å²) in [6.45, 7) is 4.08. The fraction of sp³-hybridized carbons (Fsp3) is 0.700. The Morgan fingerprint density at radius 2 is 2.47 bits per heavy atom. The minimum absolute atomic E-state index is 0.121. The summed E-state index contributed by atoms with van der Waals surface area (Å²) in [5, 5.41) is 6.87. The zero-order valence-electron chi connectivity index (χ0n) is 9.77. The third-order valence-corrected chi connectivity index (χ3v) is 4.05. The van der Waals surface area contributed by atoms with Gasteiger partial charge in [-0.2, -0.15) is 0 Å². The van der Waals surface area contributed by atoms with Crippen LogP contribution in [0.5, 0.6) is 0 Å². The van der Waals surface area contributed by atoms with Crippen LogP contribution in [-0.2, 0) is 15.8 Å². The predicted molar refractivity (Wildman–Crippen MR) is 62.8 cm³/mol. The van der Waals surface area contributed by atoms with E-state index in [0.29, 0.717) is 23.9 Å². The molecule has 1 atom stereocenters. The molecule has 0 saturated carbocycles. The standard InChI is InChI=1S/C10H17N3O3S/c1-8-4-10(13-16-8)7-17(14,15)12-6-9-2-3-11-5-9/h4,9,11-12H,2-3,5-7H2,1H3. The van der Waals surface area contributed by atoms with Gasteiger partial charge in [0, 0.05) is 12.6 Å². The summed E-state index contributed by atoms with van der Waals surface area (Å²) in [7, 11) is -3.31. The SMILES string of the molecule is Cc1cc(CS(=O)(=O)NCC2CCNC2)no1. The van der Waals surface area contributed by atoms with Crippen molar-refractivity contribution in [2.45, 2.75) is 19.1 Å². The fourth-order valence-corrected chi connectivity index (χ4v) is 2.98. The molecule has 0 radical (unpaired) electrons. The van der Waals surface area contributed by atoms with Crippen molar-refractivity contribution in [3.05, 3.63) is 17.5 Å². The van der Waals surface area contributed by atoms with Crippen LogP contribution in [-0.4, -0.2) is 33.2 Å². The van der Waals surface area contributed by atoms with E-state index in [-0.39, 0.29) is 5.75 Å². The highest BCUT2D eigenvalue weighted by Crippen LogP contribution is 2.08. The first kappa shape index (κ1) is 12.5. The Morgan fingerprint density at radius 3 is 3.06 bits per heavy atom. The van der Waals surface area contributed by atoms with E-state index in [4.69, 9.17) is 4.52 Å². The fourth-order valence-electron chi connectivity index (χ4n) is 1.87. The Hall–Kier alpha value is -0.920. The second-order valence-electron chi connectivity index (χ2n) is 4.40. The van der Waals surface area contributed by atoms with E-state index in [2.05, 4.69) is 15.2 Å². The van der Waals surface area contributed by atoms with Gasteiger partial charge in [-0.25, -0.2) is 13.1 Å². The summed E-state index contributed by atoms with van der Waals surface area (Å²) in [5.41, 5.74) is 0.444. The van der Waals surface area contributed by atoms with Crippen LogP contribution in [0.1, 0.15) is 17.9 Å². The first-order valence-electron chi connectivity index (χ1n) is 5.65. The molecule has 1 aromatic heterocycles. The van der Waals surface area contributed by atoms with Crippen molar-refractivity contribution in [2.24, 2.45) is 5.92 Å². The molecule has 0 aromatic carbocycles. The Labute approximate surface area is 101 Å². The minimum atomic E-state index is -3.31. The normalized spacial score (nSPS) is 20.9. The molecule has 1 aliphatic rings. The van der Waals surface area contributed by atoms with E-state index in [9.17, 15) is 8.42 Å². The second-order valence-corrected chi connectivity index (χ2v) is 6.20. The predicted octanol–water partition coefficient (Wildman–Crippen LogP) is 0.0119. The first-order valence-corrected chi connectivity index (χ1v) is 7.31. The van der Waals surface area contributed by atoms with Gasteiger partial charge in [0.15, 0.2) is 0 Å². The van der Waals surface area contributed by atoms with E-state index in [1.807, 2.05) is 0 Å². The molecular weight excluding hydrogens is 242 g/mol. The van der Waals surface area contributed by atoms with Crippen LogP contribution in [0.15, 0.2) is 10.6 Å². The number of sulfonamides is 1. The Balaban J connectivity index is 1.85. The van der Waals surface area contributed by atoms with Crippen molar-refractivity contribution in [2.75, 3.05) is 19.6 Å². The molecule has 1 fully saturated rings. The molecule has 0 aliphatic carbocycles. The monoisotopic (exact) mass is 259 g/mol. The number of aromatic nitrogens is 1. The summed E-state index contributed by atoms with van der Waals surface area (Å²) in [6, 6.07) is 1.64. The van der Waals surface area contributed by atoms with Crippen molar-refractivity contribution >= 4 is 10.0 Å². The first-order chi connectivity index (χ1) is 8.05. The Bertz CT molecular complexity index is 463. The van der Waals surface area contributed by atoms with Gasteiger partial charge in [0.1, 0.15) is 17.2 Å². The van der Waals surface area contributed by atoms with Crippen molar-refractivity contribution in [1.82, 2.24) is 15.2 Å². The van der Waals surface area contributed by atoms with Crippen LogP contribution in [0.2, 0.25) is 0 Å². The van der Waals surface area contributed by atoms with Gasteiger partial charge in [-0.3, -0.25) is 0 Å². The average molecular weight is 259 g/mol. The van der Waals surface area contributed by atoms with Crippen LogP contribution in [0.3, 0.4) is 0 Å². The van der Waals surface area contributed by atoms with Gasteiger partial charge in [-0.05, 0) is 32.4 Å². The van der Waals surface area contributed by atoms with Gasteiger partial charge >= 0.3 is 0 Å². The molecule has 6 nitrogen and oxygen atoms in total. The molecule has 1 unspecified atom stereocenters. The van der Waals surface area contributed by atoms with Crippen LogP contribution in [0.25, 0.3) is 0 Å². The van der Waals surface area contributed by atoms with E-state index >= 15 is 0 Å². The molecule has 0 amide bonds. The Morgan fingerprint density at radius 1 is 1.65 bits per heavy atom. The van der Waals surface area contributed by atoms with Gasteiger partial charge in [-0.15, -0.1) is 0 Å². The largest absolute Gasteiger partial charge is 0.361 e. The van der Waals surface area contributed by atoms with Crippen LogP contribution < -0.4 is 10.0 Å². The summed E-state index contributed by atoms with van der Waals surface area (Å²) in [4.78, 5) is 0. The number of nitrogens with zero attached hydrogens (tertiary/aromatic N) is 1. The lowest BCUT2D eigenvalue weighted by atomic mass is 10.1. The zero-order valence-corrected chi connectivity index (χ0v) is 10.6. The molecule has 1 saturated heterocycles. The molecule has 1 aromatic rings. The number of aryl methyl sites for hydroxylation is 1. The lowest BCUT2D eigenvalue weighted by Crippen LogP contribution is -2.31. The number of hydrogen-bond donors (Lipinski definition) is 2. The number of rotatable bonds is 5. The summed E-state index contributed by atoms with van der Waals surface area (Å²) >= 11 is 0. The molecular formula is C10H17N3O3S. The molecule has 1 aliphatic heterocycles. The van der Waals surface area contributed by atoms with E-state index in [0.717, 1.165) is 19.5 Å². The molecule has 96 valence electrons. The maximum absolute atomic E-state index is 11.8. The van der Waals surface area contributed by atoms with Crippen molar-refractivity contribution in [1.29, 1.82) is 0 Å². The zero-order chi connectivity index (χ0) is 12.3. The minimum Gasteiger partial charge on any atom is -0.361 e. The molecule has 17 heavy (non-hydrogen) atoms. The lowest BCUT2D eigenvalue weighted by Gasteiger charge is -2.09.